The van der Waals surface area contributed by atoms with Crippen molar-refractivity contribution in [2.24, 2.45) is 0 Å². The number of halogens is 1. The Morgan fingerprint density at radius 3 is 2.50 bits per heavy atom. The van der Waals surface area contributed by atoms with Gasteiger partial charge in [0.2, 0.25) is 0 Å². The van der Waals surface area contributed by atoms with Gasteiger partial charge in [0.25, 0.3) is 0 Å². The molecule has 1 fully saturated rings. The highest BCUT2D eigenvalue weighted by atomic mass is 35.5. The molecule has 9 heteroatoms. The molecular formula is C15H14ClN3O4S. The van der Waals surface area contributed by atoms with Crippen molar-refractivity contribution in [1.82, 2.24) is 14.9 Å². The maximum Gasteiger partial charge on any atom is 0.407 e. The second kappa shape index (κ2) is 6.03. The molecule has 0 saturated carbocycles. The monoisotopic (exact) mass is 367 g/mol. The molecule has 1 amide bonds. The minimum absolute atomic E-state index is 0.0470. The Labute approximate surface area is 143 Å². The van der Waals surface area contributed by atoms with Gasteiger partial charge >= 0.3 is 6.09 Å². The Morgan fingerprint density at radius 2 is 2.00 bits per heavy atom. The van der Waals surface area contributed by atoms with Crippen LogP contribution in [0.4, 0.5) is 4.79 Å². The summed E-state index contributed by atoms with van der Waals surface area (Å²) in [6.45, 7) is 0.820. The summed E-state index contributed by atoms with van der Waals surface area (Å²) in [7, 11) is -3.32. The number of nitrogens with zero attached hydrogens (tertiary/aromatic N) is 3. The van der Waals surface area contributed by atoms with E-state index in [-0.39, 0.29) is 15.8 Å². The van der Waals surface area contributed by atoms with Crippen LogP contribution in [-0.2, 0) is 9.84 Å². The normalized spacial score (nSPS) is 15.2. The summed E-state index contributed by atoms with van der Waals surface area (Å²) >= 11 is 6.16. The lowest BCUT2D eigenvalue weighted by Crippen LogP contribution is -2.48. The van der Waals surface area contributed by atoms with E-state index in [2.05, 4.69) is 9.97 Å². The number of carboxylic acid groups (broad SMARTS) is 1. The highest BCUT2D eigenvalue weighted by Gasteiger charge is 2.32. The molecule has 0 spiro atoms. The SMILES string of the molecule is CS(=O)(=O)c1ccc(-c2cnc(C3CN(C(=O)O)C3)cn2)c(Cl)c1. The molecule has 1 aromatic carbocycles. The summed E-state index contributed by atoms with van der Waals surface area (Å²) in [6, 6.07) is 4.46. The van der Waals surface area contributed by atoms with Crippen LogP contribution in [0.3, 0.4) is 0 Å². The topological polar surface area (TPSA) is 100 Å². The number of benzene rings is 1. The maximum atomic E-state index is 11.5. The fourth-order valence-corrected chi connectivity index (χ4v) is 3.43. The molecule has 0 atom stereocenters. The van der Waals surface area contributed by atoms with Crippen LogP contribution in [0, 0.1) is 0 Å². The number of sulfone groups is 1. The van der Waals surface area contributed by atoms with Gasteiger partial charge in [-0.15, -0.1) is 0 Å². The molecule has 1 N–H and O–H groups in total. The number of carbonyl (C=O) groups is 1. The quantitative estimate of drug-likeness (QED) is 0.893. The molecule has 126 valence electrons. The molecular weight excluding hydrogens is 354 g/mol. The zero-order valence-corrected chi connectivity index (χ0v) is 14.3. The molecule has 0 aliphatic carbocycles. The zero-order chi connectivity index (χ0) is 17.5. The molecule has 0 radical (unpaired) electrons. The van der Waals surface area contributed by atoms with Crippen molar-refractivity contribution in [3.05, 3.63) is 41.3 Å². The Kier molecular flexibility index (Phi) is 4.18. The van der Waals surface area contributed by atoms with Crippen LogP contribution in [0.1, 0.15) is 11.6 Å². The first kappa shape index (κ1) is 16.7. The lowest BCUT2D eigenvalue weighted by molar-refractivity contribution is 0.104. The second-order valence-electron chi connectivity index (χ2n) is 5.62. The van der Waals surface area contributed by atoms with Crippen LogP contribution in [-0.4, -0.2) is 53.8 Å². The molecule has 1 saturated heterocycles. The predicted octanol–water partition coefficient (Wildman–Crippen LogP) is 2.28. The first-order valence-corrected chi connectivity index (χ1v) is 9.32. The van der Waals surface area contributed by atoms with Gasteiger partial charge in [0.1, 0.15) is 0 Å². The average molecular weight is 368 g/mol. The Bertz CT molecular complexity index is 893. The van der Waals surface area contributed by atoms with Crippen molar-refractivity contribution in [3.8, 4) is 11.3 Å². The van der Waals surface area contributed by atoms with Crippen LogP contribution in [0.25, 0.3) is 11.3 Å². The molecule has 1 aliphatic heterocycles. The summed E-state index contributed by atoms with van der Waals surface area (Å²) in [6.07, 6.45) is 3.33. The molecule has 2 aromatic rings. The molecule has 0 bridgehead atoms. The summed E-state index contributed by atoms with van der Waals surface area (Å²) in [5, 5.41) is 9.11. The first-order valence-electron chi connectivity index (χ1n) is 7.05. The molecule has 2 heterocycles. The number of hydrogen-bond acceptors (Lipinski definition) is 5. The molecule has 7 nitrogen and oxygen atoms in total. The van der Waals surface area contributed by atoms with Gasteiger partial charge in [-0.2, -0.15) is 0 Å². The van der Waals surface area contributed by atoms with Crippen LogP contribution in [0.2, 0.25) is 5.02 Å². The van der Waals surface area contributed by atoms with Crippen LogP contribution >= 0.6 is 11.6 Å². The molecule has 0 unspecified atom stereocenters. The largest absolute Gasteiger partial charge is 0.465 e. The highest BCUT2D eigenvalue weighted by molar-refractivity contribution is 7.90. The number of likely N-dealkylation sites (tertiary alicyclic amines) is 1. The van der Waals surface area contributed by atoms with Crippen LogP contribution in [0.15, 0.2) is 35.5 Å². The van der Waals surface area contributed by atoms with E-state index >= 15 is 0 Å². The van der Waals surface area contributed by atoms with Gasteiger partial charge in [-0.1, -0.05) is 11.6 Å². The first-order chi connectivity index (χ1) is 11.3. The van der Waals surface area contributed by atoms with Gasteiger partial charge in [-0.25, -0.2) is 13.2 Å². The van der Waals surface area contributed by atoms with Gasteiger partial charge in [-0.3, -0.25) is 9.97 Å². The molecule has 1 aliphatic rings. The third-order valence-corrected chi connectivity index (χ3v) is 5.31. The van der Waals surface area contributed by atoms with Crippen molar-refractivity contribution < 1.29 is 18.3 Å². The summed E-state index contributed by atoms with van der Waals surface area (Å²) in [5.41, 5.74) is 1.84. The van der Waals surface area contributed by atoms with Crippen LogP contribution < -0.4 is 0 Å². The minimum Gasteiger partial charge on any atom is -0.465 e. The number of aromatic nitrogens is 2. The number of amides is 1. The number of hydrogen-bond donors (Lipinski definition) is 1. The standard InChI is InChI=1S/C15H14ClN3O4S/c1-24(22,23)10-2-3-11(12(16)4-10)14-6-17-13(5-18-14)9-7-19(8-9)15(20)21/h2-6,9H,7-8H2,1H3,(H,20,21). The zero-order valence-electron chi connectivity index (χ0n) is 12.7. The predicted molar refractivity (Wildman–Crippen MR) is 87.9 cm³/mol. The van der Waals surface area contributed by atoms with Crippen molar-refractivity contribution in [2.45, 2.75) is 10.8 Å². The Morgan fingerprint density at radius 1 is 1.29 bits per heavy atom. The smallest absolute Gasteiger partial charge is 0.407 e. The van der Waals surface area contributed by atoms with Gasteiger partial charge in [0.05, 0.1) is 27.5 Å². The summed E-state index contributed by atoms with van der Waals surface area (Å²) in [5.74, 6) is 0.0470. The van der Waals surface area contributed by atoms with E-state index in [4.69, 9.17) is 16.7 Å². The average Bonchev–Trinajstić information content (AvgIpc) is 2.45. The fourth-order valence-electron chi connectivity index (χ4n) is 2.44. The highest BCUT2D eigenvalue weighted by Crippen LogP contribution is 2.30. The van der Waals surface area contributed by atoms with Gasteiger partial charge in [-0.05, 0) is 18.2 Å². The lowest BCUT2D eigenvalue weighted by atomic mass is 9.97. The van der Waals surface area contributed by atoms with E-state index in [0.717, 1.165) is 11.9 Å². The molecule has 3 rings (SSSR count). The van der Waals surface area contributed by atoms with Gasteiger partial charge < -0.3 is 10.0 Å². The maximum absolute atomic E-state index is 11.5. The number of rotatable bonds is 3. The van der Waals surface area contributed by atoms with E-state index in [0.29, 0.717) is 24.3 Å². The summed E-state index contributed by atoms with van der Waals surface area (Å²) in [4.78, 5) is 20.9. The van der Waals surface area contributed by atoms with E-state index < -0.39 is 15.9 Å². The van der Waals surface area contributed by atoms with Crippen LogP contribution in [0.5, 0.6) is 0 Å². The van der Waals surface area contributed by atoms with Crippen molar-refractivity contribution in [1.29, 1.82) is 0 Å². The Balaban J connectivity index is 1.80. The van der Waals surface area contributed by atoms with E-state index in [1.807, 2.05) is 0 Å². The summed E-state index contributed by atoms with van der Waals surface area (Å²) < 4.78 is 23.1. The fraction of sp³-hybridized carbons (Fsp3) is 0.267. The molecule has 24 heavy (non-hydrogen) atoms. The van der Waals surface area contributed by atoms with Crippen molar-refractivity contribution in [3.63, 3.8) is 0 Å². The van der Waals surface area contributed by atoms with E-state index in [9.17, 15) is 13.2 Å². The third kappa shape index (κ3) is 3.20. The van der Waals surface area contributed by atoms with Gasteiger partial charge in [0, 0.05) is 37.0 Å². The minimum atomic E-state index is -3.32. The second-order valence-corrected chi connectivity index (χ2v) is 8.05. The lowest BCUT2D eigenvalue weighted by Gasteiger charge is -2.36. The van der Waals surface area contributed by atoms with E-state index in [1.165, 1.54) is 17.0 Å². The van der Waals surface area contributed by atoms with Gasteiger partial charge in [0.15, 0.2) is 9.84 Å². The van der Waals surface area contributed by atoms with Crippen molar-refractivity contribution >= 4 is 27.5 Å². The van der Waals surface area contributed by atoms with E-state index in [1.54, 1.807) is 18.5 Å². The third-order valence-electron chi connectivity index (χ3n) is 3.89. The van der Waals surface area contributed by atoms with Crippen molar-refractivity contribution in [2.75, 3.05) is 19.3 Å². The molecule has 1 aromatic heterocycles. The Hall–Kier alpha value is -2.19.